The van der Waals surface area contributed by atoms with Gasteiger partial charge >= 0.3 is 5.97 Å². The highest BCUT2D eigenvalue weighted by atomic mass is 35.5. The van der Waals surface area contributed by atoms with Crippen LogP contribution >= 0.6 is 23.2 Å². The minimum absolute atomic E-state index is 0.377. The van der Waals surface area contributed by atoms with Crippen LogP contribution in [0.4, 0.5) is 11.4 Å². The van der Waals surface area contributed by atoms with Crippen LogP contribution in [-0.2, 0) is 9.53 Å². The molecule has 0 radical (unpaired) electrons. The summed E-state index contributed by atoms with van der Waals surface area (Å²) in [4.78, 5) is 19.8. The number of anilines is 2. The Morgan fingerprint density at radius 1 is 0.971 bits per heavy atom. The standard InChI is InChI=1S/C17H19ClN2O2.C9H7ClN2/c1-11(8-16(21)22-17(2,3)4)20-14-7-5-6-12-10-19-15(18)9-13(12)14;10-9-4-7-6(5-12-9)2-1-3-8(7)11/h5-10,20H,1-4H3;1-5H,11H2/b11-8+;. The highest BCUT2D eigenvalue weighted by Gasteiger charge is 2.14. The number of fused-ring (bicyclic) bond motifs is 2. The van der Waals surface area contributed by atoms with Crippen molar-refractivity contribution in [3.8, 4) is 0 Å². The second-order valence-corrected chi connectivity index (χ2v) is 9.37. The zero-order valence-electron chi connectivity index (χ0n) is 19.4. The molecule has 0 atom stereocenters. The van der Waals surface area contributed by atoms with Crippen molar-refractivity contribution in [2.45, 2.75) is 33.3 Å². The van der Waals surface area contributed by atoms with E-state index < -0.39 is 5.60 Å². The summed E-state index contributed by atoms with van der Waals surface area (Å²) < 4.78 is 5.27. The lowest BCUT2D eigenvalue weighted by molar-refractivity contribution is -0.148. The highest BCUT2D eigenvalue weighted by molar-refractivity contribution is 6.30. The van der Waals surface area contributed by atoms with Crippen LogP contribution in [0.3, 0.4) is 0 Å². The normalized spacial score (nSPS) is 11.6. The number of esters is 1. The van der Waals surface area contributed by atoms with Gasteiger partial charge in [0, 0.05) is 57.1 Å². The Hall–Kier alpha value is -3.35. The maximum absolute atomic E-state index is 11.8. The van der Waals surface area contributed by atoms with Gasteiger partial charge in [-0.05, 0) is 52.0 Å². The van der Waals surface area contributed by atoms with Crippen molar-refractivity contribution < 1.29 is 9.53 Å². The van der Waals surface area contributed by atoms with E-state index in [-0.39, 0.29) is 5.97 Å². The predicted octanol–water partition coefficient (Wildman–Crippen LogP) is 7.02. The third-order valence-electron chi connectivity index (χ3n) is 4.57. The molecule has 0 saturated carbocycles. The van der Waals surface area contributed by atoms with E-state index in [2.05, 4.69) is 15.3 Å². The van der Waals surface area contributed by atoms with E-state index in [1.807, 2.05) is 64.1 Å². The minimum Gasteiger partial charge on any atom is -0.457 e. The number of carbonyl (C=O) groups excluding carboxylic acids is 1. The zero-order valence-corrected chi connectivity index (χ0v) is 20.9. The molecule has 0 spiro atoms. The molecule has 3 N–H and O–H groups in total. The fraction of sp³-hybridized carbons (Fsp3) is 0.192. The van der Waals surface area contributed by atoms with Crippen LogP contribution in [0.2, 0.25) is 10.3 Å². The number of carbonyl (C=O) groups is 1. The molecule has 4 aromatic rings. The number of allylic oxidation sites excluding steroid dienone is 1. The molecule has 2 aromatic carbocycles. The molecule has 0 saturated heterocycles. The maximum atomic E-state index is 11.8. The number of rotatable bonds is 3. The van der Waals surface area contributed by atoms with Crippen molar-refractivity contribution in [3.05, 3.63) is 83.0 Å². The first kappa shape index (κ1) is 25.3. The number of pyridine rings is 2. The molecule has 0 aliphatic rings. The Balaban J connectivity index is 0.000000226. The number of aromatic nitrogens is 2. The first-order valence-electron chi connectivity index (χ1n) is 10.5. The summed E-state index contributed by atoms with van der Waals surface area (Å²) in [5.74, 6) is -0.377. The molecular formula is C26H26Cl2N4O2. The van der Waals surface area contributed by atoms with Gasteiger partial charge in [-0.2, -0.15) is 0 Å². The molecule has 0 bridgehead atoms. The number of halogens is 2. The van der Waals surface area contributed by atoms with Crippen molar-refractivity contribution in [1.82, 2.24) is 9.97 Å². The number of benzene rings is 2. The SMILES string of the molecule is C/C(=C\C(=O)OC(C)(C)C)Nc1cccc2cnc(Cl)cc12.Nc1cccc2cnc(Cl)cc12. The van der Waals surface area contributed by atoms with E-state index in [0.717, 1.165) is 32.9 Å². The Labute approximate surface area is 208 Å². The van der Waals surface area contributed by atoms with Crippen molar-refractivity contribution in [3.63, 3.8) is 0 Å². The summed E-state index contributed by atoms with van der Waals surface area (Å²) in [6.07, 6.45) is 4.87. The molecule has 34 heavy (non-hydrogen) atoms. The maximum Gasteiger partial charge on any atom is 0.333 e. The van der Waals surface area contributed by atoms with Crippen LogP contribution in [0.1, 0.15) is 27.7 Å². The first-order chi connectivity index (χ1) is 16.0. The van der Waals surface area contributed by atoms with E-state index in [0.29, 0.717) is 16.0 Å². The third-order valence-corrected chi connectivity index (χ3v) is 4.98. The van der Waals surface area contributed by atoms with Gasteiger partial charge in [0.05, 0.1) is 0 Å². The molecule has 0 aliphatic carbocycles. The van der Waals surface area contributed by atoms with E-state index >= 15 is 0 Å². The van der Waals surface area contributed by atoms with E-state index in [1.165, 1.54) is 6.08 Å². The number of nitrogens with two attached hydrogens (primary N) is 1. The number of hydrogen-bond acceptors (Lipinski definition) is 6. The Morgan fingerprint density at radius 2 is 1.53 bits per heavy atom. The quantitative estimate of drug-likeness (QED) is 0.137. The van der Waals surface area contributed by atoms with Crippen LogP contribution in [0.5, 0.6) is 0 Å². The number of nitrogen functional groups attached to an aromatic ring is 1. The summed E-state index contributed by atoms with van der Waals surface area (Å²) >= 11 is 11.7. The fourth-order valence-corrected chi connectivity index (χ4v) is 3.49. The van der Waals surface area contributed by atoms with Gasteiger partial charge in [0.2, 0.25) is 0 Å². The largest absolute Gasteiger partial charge is 0.457 e. The van der Waals surface area contributed by atoms with Crippen LogP contribution in [0.15, 0.2) is 72.7 Å². The van der Waals surface area contributed by atoms with Crippen LogP contribution < -0.4 is 11.1 Å². The Morgan fingerprint density at radius 3 is 2.15 bits per heavy atom. The minimum atomic E-state index is -0.507. The predicted molar refractivity (Wildman–Crippen MR) is 141 cm³/mol. The van der Waals surface area contributed by atoms with Gasteiger partial charge in [0.1, 0.15) is 15.9 Å². The van der Waals surface area contributed by atoms with Crippen molar-refractivity contribution in [2.24, 2.45) is 0 Å². The monoisotopic (exact) mass is 496 g/mol. The lowest BCUT2D eigenvalue weighted by Gasteiger charge is -2.18. The number of ether oxygens (including phenoxy) is 1. The van der Waals surface area contributed by atoms with Gasteiger partial charge in [0.15, 0.2) is 0 Å². The highest BCUT2D eigenvalue weighted by Crippen LogP contribution is 2.26. The molecular weight excluding hydrogens is 471 g/mol. The summed E-state index contributed by atoms with van der Waals surface area (Å²) in [7, 11) is 0. The molecule has 4 rings (SSSR count). The van der Waals surface area contributed by atoms with E-state index in [1.54, 1.807) is 24.5 Å². The van der Waals surface area contributed by atoms with Crippen LogP contribution in [0.25, 0.3) is 21.5 Å². The molecule has 0 fully saturated rings. The Kier molecular flexibility index (Phi) is 7.97. The average molecular weight is 497 g/mol. The molecule has 2 aromatic heterocycles. The summed E-state index contributed by atoms with van der Waals surface area (Å²) in [5.41, 5.74) is 7.51. The number of nitrogens with one attached hydrogen (secondary N) is 1. The number of nitrogens with zero attached hydrogens (tertiary/aromatic N) is 2. The second-order valence-electron chi connectivity index (χ2n) is 8.59. The Bertz CT molecular complexity index is 1360. The van der Waals surface area contributed by atoms with Crippen LogP contribution in [-0.4, -0.2) is 21.5 Å². The second kappa shape index (κ2) is 10.7. The molecule has 0 amide bonds. The van der Waals surface area contributed by atoms with Gasteiger partial charge in [-0.1, -0.05) is 47.5 Å². The summed E-state index contributed by atoms with van der Waals surface area (Å²) in [5, 5.41) is 7.99. The van der Waals surface area contributed by atoms with Crippen LogP contribution in [0, 0.1) is 0 Å². The molecule has 0 aliphatic heterocycles. The third kappa shape index (κ3) is 7.07. The lowest BCUT2D eigenvalue weighted by Crippen LogP contribution is -2.23. The molecule has 8 heteroatoms. The van der Waals surface area contributed by atoms with Crippen molar-refractivity contribution in [1.29, 1.82) is 0 Å². The van der Waals surface area contributed by atoms with Gasteiger partial charge in [-0.15, -0.1) is 0 Å². The topological polar surface area (TPSA) is 90.1 Å². The van der Waals surface area contributed by atoms with Gasteiger partial charge in [-0.25, -0.2) is 14.8 Å². The molecule has 176 valence electrons. The first-order valence-corrected chi connectivity index (χ1v) is 11.3. The average Bonchev–Trinajstić information content (AvgIpc) is 2.74. The summed E-state index contributed by atoms with van der Waals surface area (Å²) in [6.45, 7) is 7.31. The zero-order chi connectivity index (χ0) is 24.9. The van der Waals surface area contributed by atoms with E-state index in [4.69, 9.17) is 33.7 Å². The van der Waals surface area contributed by atoms with Gasteiger partial charge < -0.3 is 15.8 Å². The number of hydrogen-bond donors (Lipinski definition) is 2. The van der Waals surface area contributed by atoms with Crippen molar-refractivity contribution >= 4 is 62.1 Å². The van der Waals surface area contributed by atoms with Crippen molar-refractivity contribution in [2.75, 3.05) is 11.1 Å². The smallest absolute Gasteiger partial charge is 0.333 e. The van der Waals surface area contributed by atoms with E-state index in [9.17, 15) is 4.79 Å². The molecule has 0 unspecified atom stereocenters. The van der Waals surface area contributed by atoms with Gasteiger partial charge in [0.25, 0.3) is 0 Å². The summed E-state index contributed by atoms with van der Waals surface area (Å²) in [6, 6.07) is 15.1. The molecule has 2 heterocycles. The molecule has 6 nitrogen and oxygen atoms in total. The lowest BCUT2D eigenvalue weighted by atomic mass is 10.1. The fourth-order valence-electron chi connectivity index (χ4n) is 3.18. The van der Waals surface area contributed by atoms with Gasteiger partial charge in [-0.3, -0.25) is 0 Å².